The van der Waals surface area contributed by atoms with Crippen molar-refractivity contribution in [2.24, 2.45) is 5.92 Å². The summed E-state index contributed by atoms with van der Waals surface area (Å²) in [6.45, 7) is 5.73. The van der Waals surface area contributed by atoms with E-state index in [1.54, 1.807) is 6.07 Å². The van der Waals surface area contributed by atoms with E-state index in [2.05, 4.69) is 12.2 Å². The third-order valence-electron chi connectivity index (χ3n) is 4.41. The van der Waals surface area contributed by atoms with Crippen LogP contribution in [0.3, 0.4) is 0 Å². The van der Waals surface area contributed by atoms with Gasteiger partial charge >= 0.3 is 5.97 Å². The quantitative estimate of drug-likeness (QED) is 0.869. The highest BCUT2D eigenvalue weighted by Crippen LogP contribution is 2.23. The number of aryl methyl sites for hydroxylation is 2. The molecule has 1 aromatic rings. The number of esters is 1. The summed E-state index contributed by atoms with van der Waals surface area (Å²) in [5, 5.41) is 2.99. The number of hydrogen-bond acceptors (Lipinski definition) is 3. The first-order valence-corrected chi connectivity index (χ1v) is 8.01. The van der Waals surface area contributed by atoms with Gasteiger partial charge in [-0.05, 0) is 44.2 Å². The molecule has 0 bridgehead atoms. The maximum Gasteiger partial charge on any atom is 0.338 e. The van der Waals surface area contributed by atoms with Gasteiger partial charge in [0.25, 0.3) is 5.91 Å². The highest BCUT2D eigenvalue weighted by Gasteiger charge is 2.23. The van der Waals surface area contributed by atoms with Crippen molar-refractivity contribution >= 4 is 11.9 Å². The molecule has 2 rings (SSSR count). The molecule has 0 aromatic heterocycles. The van der Waals surface area contributed by atoms with Crippen molar-refractivity contribution in [2.45, 2.75) is 52.5 Å². The molecular weight excluding hydrogens is 278 g/mol. The maximum atomic E-state index is 12.1. The fraction of sp³-hybridized carbons (Fsp3) is 0.556. The number of amides is 1. The molecule has 0 aliphatic heterocycles. The fourth-order valence-electron chi connectivity index (χ4n) is 2.94. The molecule has 0 spiro atoms. The second-order valence-electron chi connectivity index (χ2n) is 6.33. The van der Waals surface area contributed by atoms with Gasteiger partial charge in [-0.3, -0.25) is 4.79 Å². The molecule has 0 heterocycles. The zero-order valence-corrected chi connectivity index (χ0v) is 13.6. The van der Waals surface area contributed by atoms with E-state index in [0.29, 0.717) is 11.5 Å². The summed E-state index contributed by atoms with van der Waals surface area (Å²) in [6, 6.07) is 5.83. The van der Waals surface area contributed by atoms with Gasteiger partial charge < -0.3 is 10.1 Å². The lowest BCUT2D eigenvalue weighted by Gasteiger charge is -2.29. The van der Waals surface area contributed by atoms with Gasteiger partial charge in [-0.15, -0.1) is 0 Å². The molecule has 1 N–H and O–H groups in total. The van der Waals surface area contributed by atoms with E-state index >= 15 is 0 Å². The Kier molecular flexibility index (Phi) is 5.58. The van der Waals surface area contributed by atoms with Crippen molar-refractivity contribution in [1.82, 2.24) is 5.32 Å². The van der Waals surface area contributed by atoms with E-state index in [9.17, 15) is 9.59 Å². The number of carbonyl (C=O) groups excluding carboxylic acids is 2. The maximum absolute atomic E-state index is 12.1. The topological polar surface area (TPSA) is 55.4 Å². The number of carbonyl (C=O) groups is 2. The van der Waals surface area contributed by atoms with Crippen molar-refractivity contribution in [1.29, 1.82) is 0 Å². The summed E-state index contributed by atoms with van der Waals surface area (Å²) in [7, 11) is 0. The van der Waals surface area contributed by atoms with Crippen LogP contribution < -0.4 is 5.32 Å². The molecule has 0 radical (unpaired) electrons. The molecule has 1 aliphatic rings. The highest BCUT2D eigenvalue weighted by molar-refractivity contribution is 5.92. The normalized spacial score (nSPS) is 21.2. The van der Waals surface area contributed by atoms with Gasteiger partial charge in [0.1, 0.15) is 0 Å². The Labute approximate surface area is 132 Å². The van der Waals surface area contributed by atoms with Gasteiger partial charge in [0, 0.05) is 6.04 Å². The number of benzene rings is 1. The van der Waals surface area contributed by atoms with Gasteiger partial charge in [0.15, 0.2) is 6.61 Å². The van der Waals surface area contributed by atoms with Crippen LogP contribution in [0.25, 0.3) is 0 Å². The van der Waals surface area contributed by atoms with Crippen LogP contribution >= 0.6 is 0 Å². The van der Waals surface area contributed by atoms with Crippen LogP contribution in [0, 0.1) is 19.8 Å². The number of nitrogens with one attached hydrogen (secondary N) is 1. The van der Waals surface area contributed by atoms with Crippen LogP contribution in [0.15, 0.2) is 18.2 Å². The van der Waals surface area contributed by atoms with Gasteiger partial charge in [0.05, 0.1) is 5.56 Å². The van der Waals surface area contributed by atoms with Crippen LogP contribution in [-0.4, -0.2) is 24.5 Å². The van der Waals surface area contributed by atoms with Crippen molar-refractivity contribution in [2.75, 3.05) is 6.61 Å². The molecule has 4 nitrogen and oxygen atoms in total. The van der Waals surface area contributed by atoms with E-state index in [1.807, 2.05) is 26.0 Å². The van der Waals surface area contributed by atoms with Crippen LogP contribution in [0.2, 0.25) is 0 Å². The van der Waals surface area contributed by atoms with Gasteiger partial charge in [0.2, 0.25) is 0 Å². The Balaban J connectivity index is 1.85. The van der Waals surface area contributed by atoms with E-state index in [1.165, 1.54) is 6.42 Å². The summed E-state index contributed by atoms with van der Waals surface area (Å²) in [6.07, 6.45) is 4.54. The molecule has 0 saturated heterocycles. The fourth-order valence-corrected chi connectivity index (χ4v) is 2.94. The predicted molar refractivity (Wildman–Crippen MR) is 85.8 cm³/mol. The lowest BCUT2D eigenvalue weighted by atomic mass is 9.86. The molecule has 1 amide bonds. The average molecular weight is 303 g/mol. The average Bonchev–Trinajstić information content (AvgIpc) is 2.49. The zero-order chi connectivity index (χ0) is 16.1. The number of rotatable bonds is 4. The zero-order valence-electron chi connectivity index (χ0n) is 13.6. The number of hydrogen-bond donors (Lipinski definition) is 1. The second-order valence-corrected chi connectivity index (χ2v) is 6.33. The molecule has 1 saturated carbocycles. The summed E-state index contributed by atoms with van der Waals surface area (Å²) >= 11 is 0. The Morgan fingerprint density at radius 1 is 1.23 bits per heavy atom. The Morgan fingerprint density at radius 3 is 2.68 bits per heavy atom. The molecule has 4 heteroatoms. The minimum Gasteiger partial charge on any atom is -0.452 e. The molecule has 1 aromatic carbocycles. The Hall–Kier alpha value is -1.84. The smallest absolute Gasteiger partial charge is 0.338 e. The largest absolute Gasteiger partial charge is 0.452 e. The third kappa shape index (κ3) is 4.33. The Morgan fingerprint density at radius 2 is 1.95 bits per heavy atom. The van der Waals surface area contributed by atoms with Crippen molar-refractivity contribution in [3.63, 3.8) is 0 Å². The molecule has 2 atom stereocenters. The first-order chi connectivity index (χ1) is 10.5. The summed E-state index contributed by atoms with van der Waals surface area (Å²) < 4.78 is 5.15. The monoisotopic (exact) mass is 303 g/mol. The van der Waals surface area contributed by atoms with Crippen molar-refractivity contribution < 1.29 is 14.3 Å². The van der Waals surface area contributed by atoms with E-state index < -0.39 is 5.97 Å². The first kappa shape index (κ1) is 16.5. The second kappa shape index (κ2) is 7.43. The molecule has 120 valence electrons. The van der Waals surface area contributed by atoms with E-state index in [-0.39, 0.29) is 18.6 Å². The lowest BCUT2D eigenvalue weighted by Crippen LogP contribution is -2.42. The minimum absolute atomic E-state index is 0.209. The van der Waals surface area contributed by atoms with E-state index in [4.69, 9.17) is 4.74 Å². The first-order valence-electron chi connectivity index (χ1n) is 8.01. The molecule has 0 unspecified atom stereocenters. The van der Waals surface area contributed by atoms with Gasteiger partial charge in [-0.25, -0.2) is 4.79 Å². The minimum atomic E-state index is -0.437. The molecule has 22 heavy (non-hydrogen) atoms. The van der Waals surface area contributed by atoms with Crippen LogP contribution in [0.5, 0.6) is 0 Å². The SMILES string of the molecule is Cc1ccc(C)c(C(=O)OCC(=O)N[C@H]2CCCC[C@H]2C)c1. The predicted octanol–water partition coefficient (Wildman–Crippen LogP) is 3.16. The Bertz CT molecular complexity index is 553. The molecule has 1 fully saturated rings. The lowest BCUT2D eigenvalue weighted by molar-refractivity contribution is -0.125. The molecule has 1 aliphatic carbocycles. The standard InChI is InChI=1S/C18H25NO3/c1-12-8-9-13(2)15(10-12)18(21)22-11-17(20)19-16-7-5-4-6-14(16)3/h8-10,14,16H,4-7,11H2,1-3H3,(H,19,20)/t14-,16+/m1/s1. The summed E-state index contributed by atoms with van der Waals surface area (Å²) in [5.41, 5.74) is 2.38. The van der Waals surface area contributed by atoms with E-state index in [0.717, 1.165) is 30.4 Å². The third-order valence-corrected chi connectivity index (χ3v) is 4.41. The van der Waals surface area contributed by atoms with Gasteiger partial charge in [-0.2, -0.15) is 0 Å². The van der Waals surface area contributed by atoms with Crippen LogP contribution in [-0.2, 0) is 9.53 Å². The van der Waals surface area contributed by atoms with Crippen LogP contribution in [0.4, 0.5) is 0 Å². The number of ether oxygens (including phenoxy) is 1. The molecular formula is C18H25NO3. The van der Waals surface area contributed by atoms with Gasteiger partial charge in [-0.1, -0.05) is 37.5 Å². The summed E-state index contributed by atoms with van der Waals surface area (Å²) in [5.74, 6) is -0.155. The highest BCUT2D eigenvalue weighted by atomic mass is 16.5. The van der Waals surface area contributed by atoms with Crippen LogP contribution in [0.1, 0.15) is 54.1 Å². The summed E-state index contributed by atoms with van der Waals surface area (Å²) in [4.78, 5) is 24.0. The van der Waals surface area contributed by atoms with Crippen molar-refractivity contribution in [3.05, 3.63) is 34.9 Å². The van der Waals surface area contributed by atoms with Crippen molar-refractivity contribution in [3.8, 4) is 0 Å².